The van der Waals surface area contributed by atoms with Gasteiger partial charge in [-0.05, 0) is 80.9 Å². The van der Waals surface area contributed by atoms with Crippen LogP contribution < -0.4 is 0 Å². The predicted octanol–water partition coefficient (Wildman–Crippen LogP) is 11.4. The van der Waals surface area contributed by atoms with Gasteiger partial charge in [0, 0.05) is 32.3 Å². The van der Waals surface area contributed by atoms with Crippen LogP contribution in [-0.2, 0) is 4.79 Å². The fourth-order valence-electron chi connectivity index (χ4n) is 5.93. The lowest BCUT2D eigenvalue weighted by Crippen LogP contribution is -2.02. The summed E-state index contributed by atoms with van der Waals surface area (Å²) >= 11 is 12.7. The summed E-state index contributed by atoms with van der Waals surface area (Å²) in [6.07, 6.45) is 0. The van der Waals surface area contributed by atoms with E-state index in [1.54, 1.807) is 0 Å². The molecule has 3 heteroatoms. The number of carbonyl (C=O) groups excluding carboxylic acids is 1. The van der Waals surface area contributed by atoms with E-state index in [0.29, 0.717) is 21.2 Å². The van der Waals surface area contributed by atoms with Crippen LogP contribution in [0.25, 0.3) is 44.5 Å². The summed E-state index contributed by atoms with van der Waals surface area (Å²) in [4.78, 5) is 14.9. The molecule has 0 spiro atoms. The highest BCUT2D eigenvalue weighted by molar-refractivity contribution is 6.59. The molecule has 0 aromatic heterocycles. The Labute approximate surface area is 267 Å². The molecule has 1 nitrogen and oxygen atoms in total. The summed E-state index contributed by atoms with van der Waals surface area (Å²) < 4.78 is 0. The van der Waals surface area contributed by atoms with Crippen molar-refractivity contribution in [1.82, 2.24) is 0 Å². The van der Waals surface area contributed by atoms with Gasteiger partial charge in [-0.15, -0.1) is 0 Å². The van der Waals surface area contributed by atoms with Gasteiger partial charge in [0.2, 0.25) is 0 Å². The molecule has 7 rings (SSSR count). The number of rotatable bonds is 6. The smallest absolute Gasteiger partial charge is 0.195 e. The van der Waals surface area contributed by atoms with Gasteiger partial charge in [-0.1, -0.05) is 145 Å². The first-order valence-electron chi connectivity index (χ1n) is 14.4. The van der Waals surface area contributed by atoms with Crippen LogP contribution in [0.5, 0.6) is 0 Å². The summed E-state index contributed by atoms with van der Waals surface area (Å²) in [5.41, 5.74) is 10.9. The van der Waals surface area contributed by atoms with Gasteiger partial charge in [0.05, 0.1) is 0 Å². The van der Waals surface area contributed by atoms with Crippen LogP contribution in [0, 0.1) is 0 Å². The fraction of sp³-hybridized carbons (Fsp3) is 0. The zero-order valence-corrected chi connectivity index (χ0v) is 25.2. The van der Waals surface area contributed by atoms with Crippen molar-refractivity contribution in [1.29, 1.82) is 0 Å². The zero-order valence-electron chi connectivity index (χ0n) is 23.7. The van der Waals surface area contributed by atoms with Crippen LogP contribution in [0.4, 0.5) is 0 Å². The molecule has 0 saturated heterocycles. The third kappa shape index (κ3) is 5.33. The molecule has 0 radical (unpaired) electrons. The third-order valence-electron chi connectivity index (χ3n) is 7.99. The number of hydrogen-bond donors (Lipinski definition) is 0. The maximum atomic E-state index is 14.9. The maximum Gasteiger partial charge on any atom is 0.195 e. The van der Waals surface area contributed by atoms with Crippen molar-refractivity contribution in [2.75, 3.05) is 0 Å². The Bertz CT molecular complexity index is 1900. The molecular weight excluding hydrogens is 579 g/mol. The SMILES string of the molecule is O=C1C(c2cccc(-c3ccccc3)c2)=C(c2ccc(Cl)cc2)C(c2ccc(Cl)cc2)=C1c1cccc(-c2ccccc2)c1. The first-order valence-corrected chi connectivity index (χ1v) is 15.2. The fourth-order valence-corrected chi connectivity index (χ4v) is 6.19. The van der Waals surface area contributed by atoms with Gasteiger partial charge in [0.25, 0.3) is 0 Å². The predicted molar refractivity (Wildman–Crippen MR) is 185 cm³/mol. The van der Waals surface area contributed by atoms with Gasteiger partial charge in [-0.2, -0.15) is 0 Å². The van der Waals surface area contributed by atoms with E-state index in [-0.39, 0.29) is 5.78 Å². The second kappa shape index (κ2) is 12.0. The first kappa shape index (κ1) is 27.9. The van der Waals surface area contributed by atoms with Gasteiger partial charge in [0.15, 0.2) is 5.78 Å². The second-order valence-corrected chi connectivity index (χ2v) is 11.6. The molecule has 1 aliphatic carbocycles. The molecule has 0 heterocycles. The molecule has 0 bridgehead atoms. The van der Waals surface area contributed by atoms with E-state index in [1.807, 2.05) is 109 Å². The van der Waals surface area contributed by atoms with Crippen molar-refractivity contribution < 1.29 is 4.79 Å². The first-order chi connectivity index (χ1) is 21.6. The molecule has 1 aliphatic rings. The van der Waals surface area contributed by atoms with Crippen molar-refractivity contribution >= 4 is 51.3 Å². The van der Waals surface area contributed by atoms with Gasteiger partial charge >= 0.3 is 0 Å². The highest BCUT2D eigenvalue weighted by Crippen LogP contribution is 2.50. The van der Waals surface area contributed by atoms with Crippen LogP contribution in [0.2, 0.25) is 10.0 Å². The number of benzene rings is 6. The summed E-state index contributed by atoms with van der Waals surface area (Å²) in [6.45, 7) is 0. The highest BCUT2D eigenvalue weighted by Gasteiger charge is 2.35. The van der Waals surface area contributed by atoms with Crippen LogP contribution in [0.15, 0.2) is 158 Å². The Hall–Kier alpha value is -4.95. The molecule has 0 unspecified atom stereocenters. The number of hydrogen-bond acceptors (Lipinski definition) is 1. The van der Waals surface area contributed by atoms with Gasteiger partial charge < -0.3 is 0 Å². The molecule has 44 heavy (non-hydrogen) atoms. The molecule has 0 aliphatic heterocycles. The number of Topliss-reactive ketones (excluding diaryl/α,β-unsaturated/α-hetero) is 1. The molecule has 6 aromatic rings. The van der Waals surface area contributed by atoms with Crippen molar-refractivity contribution in [3.63, 3.8) is 0 Å². The molecule has 6 aromatic carbocycles. The monoisotopic (exact) mass is 604 g/mol. The Morgan fingerprint density at radius 1 is 0.295 bits per heavy atom. The molecule has 0 atom stereocenters. The lowest BCUT2D eigenvalue weighted by Gasteiger charge is -2.14. The van der Waals surface area contributed by atoms with Crippen molar-refractivity contribution in [2.24, 2.45) is 0 Å². The number of halogens is 2. The van der Waals surface area contributed by atoms with Crippen molar-refractivity contribution in [3.8, 4) is 22.3 Å². The van der Waals surface area contributed by atoms with Crippen LogP contribution in [0.1, 0.15) is 22.3 Å². The molecule has 0 N–H and O–H groups in total. The van der Waals surface area contributed by atoms with E-state index in [2.05, 4.69) is 48.5 Å². The second-order valence-electron chi connectivity index (χ2n) is 10.7. The molecule has 0 amide bonds. The lowest BCUT2D eigenvalue weighted by atomic mass is 9.88. The Kier molecular flexibility index (Phi) is 7.58. The number of carbonyl (C=O) groups is 1. The normalized spacial score (nSPS) is 13.1. The van der Waals surface area contributed by atoms with E-state index in [1.165, 1.54) is 0 Å². The standard InChI is InChI=1S/C41H26Cl2O/c42-35-21-17-29(18-22-35)37-38(30-19-23-36(43)24-20-30)40(34-16-8-14-32(26-34)28-11-5-2-6-12-28)41(44)39(37)33-15-7-13-31(25-33)27-9-3-1-4-10-27/h1-26H. The molecular formula is C41H26Cl2O. The number of allylic oxidation sites excluding steroid dienone is 4. The highest BCUT2D eigenvalue weighted by atomic mass is 35.5. The molecule has 210 valence electrons. The van der Waals surface area contributed by atoms with Crippen molar-refractivity contribution in [3.05, 3.63) is 190 Å². The summed E-state index contributed by atoms with van der Waals surface area (Å²) in [7, 11) is 0. The zero-order chi connectivity index (χ0) is 30.0. The van der Waals surface area contributed by atoms with E-state index in [0.717, 1.165) is 55.7 Å². The van der Waals surface area contributed by atoms with E-state index >= 15 is 0 Å². The Morgan fingerprint density at radius 2 is 0.636 bits per heavy atom. The minimum absolute atomic E-state index is 0.0182. The van der Waals surface area contributed by atoms with Crippen molar-refractivity contribution in [2.45, 2.75) is 0 Å². The van der Waals surface area contributed by atoms with E-state index in [4.69, 9.17) is 23.2 Å². The molecule has 0 saturated carbocycles. The van der Waals surface area contributed by atoms with E-state index < -0.39 is 0 Å². The number of ketones is 1. The van der Waals surface area contributed by atoms with Crippen LogP contribution in [0.3, 0.4) is 0 Å². The average molecular weight is 606 g/mol. The minimum Gasteiger partial charge on any atom is -0.289 e. The Balaban J connectivity index is 1.51. The third-order valence-corrected chi connectivity index (χ3v) is 8.49. The summed E-state index contributed by atoms with van der Waals surface area (Å²) in [6, 6.07) is 52.4. The van der Waals surface area contributed by atoms with Crippen LogP contribution >= 0.6 is 23.2 Å². The average Bonchev–Trinajstić information content (AvgIpc) is 3.39. The lowest BCUT2D eigenvalue weighted by molar-refractivity contribution is -0.108. The van der Waals surface area contributed by atoms with Gasteiger partial charge in [0.1, 0.15) is 0 Å². The summed E-state index contributed by atoms with van der Waals surface area (Å²) in [5.74, 6) is -0.0182. The molecule has 0 fully saturated rings. The Morgan fingerprint density at radius 3 is 1.02 bits per heavy atom. The quantitative estimate of drug-likeness (QED) is 0.185. The van der Waals surface area contributed by atoms with Gasteiger partial charge in [-0.25, -0.2) is 0 Å². The largest absolute Gasteiger partial charge is 0.289 e. The summed E-state index contributed by atoms with van der Waals surface area (Å²) in [5, 5.41) is 1.28. The van der Waals surface area contributed by atoms with Gasteiger partial charge in [-0.3, -0.25) is 4.79 Å². The van der Waals surface area contributed by atoms with Crippen LogP contribution in [-0.4, -0.2) is 5.78 Å². The topological polar surface area (TPSA) is 17.1 Å². The van der Waals surface area contributed by atoms with E-state index in [9.17, 15) is 4.79 Å². The maximum absolute atomic E-state index is 14.9. The minimum atomic E-state index is -0.0182.